The van der Waals surface area contributed by atoms with Crippen molar-refractivity contribution in [3.8, 4) is 0 Å². The predicted molar refractivity (Wildman–Crippen MR) is 65.2 cm³/mol. The molecule has 5 heteroatoms. The maximum absolute atomic E-state index is 11.3. The van der Waals surface area contributed by atoms with Crippen LogP contribution in [0, 0.1) is 0 Å². The van der Waals surface area contributed by atoms with E-state index in [1.165, 1.54) is 0 Å². The topological polar surface area (TPSA) is 46.5 Å². The Kier molecular flexibility index (Phi) is 8.63. The number of hydrogen-bond acceptors (Lipinski definition) is 2. The molecule has 15 heavy (non-hydrogen) atoms. The van der Waals surface area contributed by atoms with Gasteiger partial charge in [-0.05, 0) is 0 Å². The summed E-state index contributed by atoms with van der Waals surface area (Å²) < 4.78 is 17.0. The molecule has 4 nitrogen and oxygen atoms in total. The van der Waals surface area contributed by atoms with Crippen molar-refractivity contribution in [2.24, 2.45) is 0 Å². The molecule has 1 unspecified atom stereocenters. The molecule has 0 saturated carbocycles. The minimum atomic E-state index is -3.36. The first kappa shape index (κ1) is 17.5. The van der Waals surface area contributed by atoms with Crippen molar-refractivity contribution < 1.29 is 18.5 Å². The minimum Gasteiger partial charge on any atom is -0.329 e. The zero-order valence-corrected chi connectivity index (χ0v) is 12.0. The Morgan fingerprint density at radius 2 is 1.67 bits per heavy atom. The fourth-order valence-corrected chi connectivity index (χ4v) is 1.24. The Balaban J connectivity index is 0. The van der Waals surface area contributed by atoms with E-state index in [-0.39, 0.29) is 5.66 Å². The molecule has 0 saturated heterocycles. The van der Waals surface area contributed by atoms with E-state index in [0.29, 0.717) is 6.61 Å². The maximum atomic E-state index is 11.3. The fourth-order valence-electron chi connectivity index (χ4n) is 0.595. The van der Waals surface area contributed by atoms with Gasteiger partial charge in [-0.15, -0.1) is 0 Å². The van der Waals surface area contributed by atoms with Crippen LogP contribution in [-0.2, 0) is 9.09 Å². The van der Waals surface area contributed by atoms with Gasteiger partial charge in [0.05, 0.1) is 26.8 Å². The summed E-state index contributed by atoms with van der Waals surface area (Å²) in [5.41, 5.74) is -0.319. The van der Waals surface area contributed by atoms with Crippen molar-refractivity contribution in [2.45, 2.75) is 33.4 Å². The van der Waals surface area contributed by atoms with Gasteiger partial charge in [-0.2, -0.15) is 0 Å². The summed E-state index contributed by atoms with van der Waals surface area (Å²) in [6.45, 7) is 8.44. The van der Waals surface area contributed by atoms with E-state index in [1.807, 2.05) is 35.0 Å². The number of hydrogen-bond donors (Lipinski definition) is 1. The molecule has 0 heterocycles. The van der Waals surface area contributed by atoms with Crippen molar-refractivity contribution in [1.82, 2.24) is 0 Å². The number of likely N-dealkylation sites (N-methyl/N-ethyl adjacent to an activating group) is 1. The summed E-state index contributed by atoms with van der Waals surface area (Å²) in [5.74, 6) is 0. The van der Waals surface area contributed by atoms with Crippen LogP contribution in [-0.4, -0.2) is 49.3 Å². The molecular weight excluding hydrogens is 213 g/mol. The first-order valence-corrected chi connectivity index (χ1v) is 7.07. The normalized spacial score (nSPS) is 15.5. The molecule has 0 aliphatic heterocycles. The third-order valence-corrected chi connectivity index (χ3v) is 3.55. The lowest BCUT2D eigenvalue weighted by Gasteiger charge is -2.24. The van der Waals surface area contributed by atoms with E-state index in [2.05, 4.69) is 0 Å². The van der Waals surface area contributed by atoms with E-state index >= 15 is 0 Å². The van der Waals surface area contributed by atoms with Crippen LogP contribution < -0.4 is 0 Å². The van der Waals surface area contributed by atoms with Crippen LogP contribution in [0.25, 0.3) is 0 Å². The summed E-state index contributed by atoms with van der Waals surface area (Å²) >= 11 is 0. The van der Waals surface area contributed by atoms with Gasteiger partial charge in [0.1, 0.15) is 13.2 Å². The van der Waals surface area contributed by atoms with Crippen LogP contribution in [0.4, 0.5) is 0 Å². The third-order valence-electron chi connectivity index (χ3n) is 1.69. The lowest BCUT2D eigenvalue weighted by molar-refractivity contribution is -0.870. The van der Waals surface area contributed by atoms with E-state index in [0.717, 1.165) is 11.0 Å². The zero-order valence-electron chi connectivity index (χ0n) is 11.1. The van der Waals surface area contributed by atoms with Crippen LogP contribution in [0.5, 0.6) is 0 Å². The van der Waals surface area contributed by atoms with E-state index < -0.39 is 7.60 Å². The SMILES string of the molecule is CC.CC(C)P(=O)(O)OCC[N+](C)(C)C. The van der Waals surface area contributed by atoms with Crippen LogP contribution in [0.2, 0.25) is 0 Å². The quantitative estimate of drug-likeness (QED) is 0.592. The molecule has 0 bridgehead atoms. The third kappa shape index (κ3) is 10.4. The Labute approximate surface area is 94.4 Å². The number of rotatable bonds is 5. The van der Waals surface area contributed by atoms with Gasteiger partial charge in [-0.25, -0.2) is 0 Å². The molecule has 0 amide bonds. The van der Waals surface area contributed by atoms with Crippen LogP contribution in [0.15, 0.2) is 0 Å². The Morgan fingerprint density at radius 1 is 1.27 bits per heavy atom. The van der Waals surface area contributed by atoms with Crippen molar-refractivity contribution in [3.05, 3.63) is 0 Å². The molecule has 0 fully saturated rings. The molecular formula is C10H27NO3P+. The molecule has 0 rings (SSSR count). The van der Waals surface area contributed by atoms with Crippen LogP contribution >= 0.6 is 7.60 Å². The second-order valence-electron chi connectivity index (χ2n) is 4.51. The number of quaternary nitrogens is 1. The Morgan fingerprint density at radius 3 is 1.93 bits per heavy atom. The van der Waals surface area contributed by atoms with Gasteiger partial charge in [0.2, 0.25) is 0 Å². The van der Waals surface area contributed by atoms with Gasteiger partial charge < -0.3 is 13.9 Å². The highest BCUT2D eigenvalue weighted by Crippen LogP contribution is 2.46. The van der Waals surface area contributed by atoms with Gasteiger partial charge in [-0.1, -0.05) is 27.7 Å². The van der Waals surface area contributed by atoms with Gasteiger partial charge >= 0.3 is 7.60 Å². The maximum Gasteiger partial charge on any atom is 0.330 e. The van der Waals surface area contributed by atoms with Gasteiger partial charge in [0.15, 0.2) is 0 Å². The summed E-state index contributed by atoms with van der Waals surface area (Å²) in [6.07, 6.45) is 0. The first-order valence-electron chi connectivity index (χ1n) is 5.42. The minimum absolute atomic E-state index is 0.319. The largest absolute Gasteiger partial charge is 0.330 e. The summed E-state index contributed by atoms with van der Waals surface area (Å²) in [5, 5.41) is 0. The average Bonchev–Trinajstić information content (AvgIpc) is 2.04. The molecule has 1 N–H and O–H groups in total. The standard InChI is InChI=1S/C8H20NO3P.C2H6/c1-8(2)13(10,11)12-7-6-9(3,4)5;1-2/h8H,6-7H2,1-5H3;1-2H3/p+1. The summed E-state index contributed by atoms with van der Waals surface area (Å²) in [7, 11) is 2.68. The molecule has 0 aliphatic rings. The van der Waals surface area contributed by atoms with Crippen molar-refractivity contribution >= 4 is 7.60 Å². The molecule has 0 spiro atoms. The highest BCUT2D eigenvalue weighted by Gasteiger charge is 2.24. The highest BCUT2D eigenvalue weighted by atomic mass is 31.2. The van der Waals surface area contributed by atoms with Crippen LogP contribution in [0.1, 0.15) is 27.7 Å². The fraction of sp³-hybridized carbons (Fsp3) is 1.00. The average molecular weight is 240 g/mol. The Bertz CT molecular complexity index is 199. The highest BCUT2D eigenvalue weighted by molar-refractivity contribution is 7.53. The second kappa shape index (κ2) is 7.39. The predicted octanol–water partition coefficient (Wildman–Crippen LogP) is 2.33. The van der Waals surface area contributed by atoms with E-state index in [9.17, 15) is 9.46 Å². The Hall–Kier alpha value is 0.110. The lowest BCUT2D eigenvalue weighted by Crippen LogP contribution is -2.37. The van der Waals surface area contributed by atoms with Gasteiger partial charge in [-0.3, -0.25) is 4.57 Å². The molecule has 0 aromatic rings. The van der Waals surface area contributed by atoms with E-state index in [4.69, 9.17) is 4.52 Å². The second-order valence-corrected chi connectivity index (χ2v) is 6.92. The van der Waals surface area contributed by atoms with Crippen LogP contribution in [0.3, 0.4) is 0 Å². The summed E-state index contributed by atoms with van der Waals surface area (Å²) in [6, 6.07) is 0. The van der Waals surface area contributed by atoms with Gasteiger partial charge in [0.25, 0.3) is 0 Å². The summed E-state index contributed by atoms with van der Waals surface area (Å²) in [4.78, 5) is 9.31. The first-order chi connectivity index (χ1) is 6.65. The molecule has 0 aromatic heterocycles. The van der Waals surface area contributed by atoms with E-state index in [1.54, 1.807) is 13.8 Å². The molecule has 94 valence electrons. The molecule has 1 atom stereocenters. The van der Waals surface area contributed by atoms with Crippen molar-refractivity contribution in [3.63, 3.8) is 0 Å². The van der Waals surface area contributed by atoms with Crippen molar-refractivity contribution in [2.75, 3.05) is 34.3 Å². The monoisotopic (exact) mass is 240 g/mol. The van der Waals surface area contributed by atoms with Crippen molar-refractivity contribution in [1.29, 1.82) is 0 Å². The zero-order chi connectivity index (χ0) is 12.7. The van der Waals surface area contributed by atoms with Gasteiger partial charge in [0, 0.05) is 0 Å². The number of nitrogens with zero attached hydrogens (tertiary/aromatic N) is 1. The molecule has 0 radical (unpaired) electrons. The lowest BCUT2D eigenvalue weighted by atomic mass is 10.5. The smallest absolute Gasteiger partial charge is 0.329 e. The molecule has 0 aliphatic carbocycles. The molecule has 0 aromatic carbocycles.